The Labute approximate surface area is 251 Å². The van der Waals surface area contributed by atoms with Crippen LogP contribution in [-0.2, 0) is 9.47 Å². The van der Waals surface area contributed by atoms with E-state index in [0.29, 0.717) is 23.1 Å². The fourth-order valence-electron chi connectivity index (χ4n) is 4.97. The van der Waals surface area contributed by atoms with Crippen LogP contribution in [0.2, 0.25) is 0 Å². The number of aryl methyl sites for hydroxylation is 1. The highest BCUT2D eigenvalue weighted by atomic mass is 16.7. The van der Waals surface area contributed by atoms with Gasteiger partial charge in [0.05, 0.1) is 11.8 Å². The Balaban J connectivity index is 1.19. The molecule has 3 heterocycles. The molecule has 43 heavy (non-hydrogen) atoms. The zero-order valence-corrected chi connectivity index (χ0v) is 24.6. The summed E-state index contributed by atoms with van der Waals surface area (Å²) in [6.07, 6.45) is 6.35. The predicted octanol–water partition coefficient (Wildman–Crippen LogP) is 6.54. The molecule has 2 aromatic heterocycles. The van der Waals surface area contributed by atoms with Gasteiger partial charge < -0.3 is 20.1 Å². The summed E-state index contributed by atoms with van der Waals surface area (Å²) in [7, 11) is 0. The van der Waals surface area contributed by atoms with Gasteiger partial charge in [0.1, 0.15) is 6.73 Å². The normalized spacial score (nSPS) is 15.1. The van der Waals surface area contributed by atoms with Crippen LogP contribution in [0, 0.1) is 6.92 Å². The fourth-order valence-corrected chi connectivity index (χ4v) is 4.97. The molecule has 1 atom stereocenters. The molecular weight excluding hydrogens is 544 g/mol. The van der Waals surface area contributed by atoms with E-state index in [-0.39, 0.29) is 18.7 Å². The van der Waals surface area contributed by atoms with E-state index in [9.17, 15) is 9.59 Å². The molecule has 222 valence electrons. The number of hydrogen-bond acceptors (Lipinski definition) is 9. The van der Waals surface area contributed by atoms with Gasteiger partial charge in [-0.2, -0.15) is 0 Å². The lowest BCUT2D eigenvalue weighted by atomic mass is 9.90. The lowest BCUT2D eigenvalue weighted by molar-refractivity contribution is -0.00728. The van der Waals surface area contributed by atoms with Crippen molar-refractivity contribution in [2.45, 2.75) is 45.6 Å². The second kappa shape index (κ2) is 13.9. The summed E-state index contributed by atoms with van der Waals surface area (Å²) in [5, 5.41) is 6.27. The number of amides is 1. The number of nitrogens with one attached hydrogen (secondary N) is 2. The number of carbonyl (C=O) groups is 2. The van der Waals surface area contributed by atoms with Crippen molar-refractivity contribution in [1.82, 2.24) is 19.9 Å². The van der Waals surface area contributed by atoms with Crippen LogP contribution in [0.4, 0.5) is 22.1 Å². The molecule has 10 nitrogen and oxygen atoms in total. The van der Waals surface area contributed by atoms with Gasteiger partial charge in [0, 0.05) is 54.2 Å². The third-order valence-electron chi connectivity index (χ3n) is 7.20. The summed E-state index contributed by atoms with van der Waals surface area (Å²) < 4.78 is 10.3. The topological polar surface area (TPSA) is 119 Å². The van der Waals surface area contributed by atoms with Crippen molar-refractivity contribution >= 4 is 29.4 Å². The molecule has 1 aliphatic rings. The molecule has 1 aliphatic heterocycles. The summed E-state index contributed by atoms with van der Waals surface area (Å²) in [6, 6.07) is 19.0. The monoisotopic (exact) mass is 580 g/mol. The van der Waals surface area contributed by atoms with Crippen LogP contribution in [0.3, 0.4) is 0 Å². The first-order chi connectivity index (χ1) is 20.8. The smallest absolute Gasteiger partial charge is 0.432 e. The minimum atomic E-state index is -0.646. The Morgan fingerprint density at radius 2 is 1.91 bits per heavy atom. The lowest BCUT2D eigenvalue weighted by Gasteiger charge is -2.32. The second-order valence-electron chi connectivity index (χ2n) is 10.8. The molecule has 2 aromatic carbocycles. The molecule has 1 saturated heterocycles. The Hall–Kier alpha value is -4.83. The number of likely N-dealkylation sites (tertiary alicyclic amines) is 1. The minimum Gasteiger partial charge on any atom is -0.432 e. The van der Waals surface area contributed by atoms with Crippen molar-refractivity contribution in [2.75, 3.05) is 30.5 Å². The van der Waals surface area contributed by atoms with Crippen molar-refractivity contribution in [2.24, 2.45) is 0 Å². The van der Waals surface area contributed by atoms with E-state index < -0.39 is 6.16 Å². The van der Waals surface area contributed by atoms with Crippen LogP contribution in [0.15, 0.2) is 79.3 Å². The molecule has 4 aromatic rings. The van der Waals surface area contributed by atoms with E-state index in [1.807, 2.05) is 67.6 Å². The summed E-state index contributed by atoms with van der Waals surface area (Å²) in [4.78, 5) is 40.1. The van der Waals surface area contributed by atoms with Crippen LogP contribution < -0.4 is 10.6 Å². The maximum atomic E-state index is 13.1. The number of aromatic nitrogens is 3. The molecule has 5 rings (SSSR count). The molecule has 2 N–H and O–H groups in total. The standard InChI is InChI=1S/C33H36N6O4/c1-22(2)43-33(41)42-21-39-17-5-7-27(20-39)24-9-11-25(12-10-24)31(40)36-28-13-8-23(3)30(18-28)38-32-35-16-14-29(37-32)26-6-4-15-34-19-26/h4,6,8-16,18-19,22,27H,5,7,17,20-21H2,1-3H3,(H,36,40)(H,35,37,38). The van der Waals surface area contributed by atoms with Crippen LogP contribution in [-0.4, -0.2) is 57.8 Å². The Morgan fingerprint density at radius 1 is 1.07 bits per heavy atom. The van der Waals surface area contributed by atoms with E-state index >= 15 is 0 Å². The number of nitrogens with zero attached hydrogens (tertiary/aromatic N) is 4. The number of carbonyl (C=O) groups excluding carboxylic acids is 2. The number of pyridine rings is 1. The van der Waals surface area contributed by atoms with Gasteiger partial charge in [0.2, 0.25) is 5.95 Å². The molecule has 0 radical (unpaired) electrons. The summed E-state index contributed by atoms with van der Waals surface area (Å²) in [5.74, 6) is 0.547. The largest absolute Gasteiger partial charge is 0.509 e. The number of piperidine rings is 1. The second-order valence-corrected chi connectivity index (χ2v) is 10.8. The van der Waals surface area contributed by atoms with E-state index in [1.165, 1.54) is 0 Å². The van der Waals surface area contributed by atoms with E-state index in [1.54, 1.807) is 32.4 Å². The lowest BCUT2D eigenvalue weighted by Crippen LogP contribution is -2.37. The van der Waals surface area contributed by atoms with Crippen LogP contribution in [0.1, 0.15) is 54.1 Å². The Morgan fingerprint density at radius 3 is 2.67 bits per heavy atom. The van der Waals surface area contributed by atoms with Crippen LogP contribution in [0.25, 0.3) is 11.3 Å². The molecule has 0 saturated carbocycles. The van der Waals surface area contributed by atoms with Gasteiger partial charge in [-0.1, -0.05) is 18.2 Å². The van der Waals surface area contributed by atoms with Crippen molar-refractivity contribution in [3.05, 3.63) is 95.9 Å². The first kappa shape index (κ1) is 29.7. The zero-order valence-electron chi connectivity index (χ0n) is 24.6. The molecule has 0 spiro atoms. The molecular formula is C33H36N6O4. The average molecular weight is 581 g/mol. The van der Waals surface area contributed by atoms with Crippen molar-refractivity contribution in [3.63, 3.8) is 0 Å². The van der Waals surface area contributed by atoms with E-state index in [0.717, 1.165) is 54.0 Å². The van der Waals surface area contributed by atoms with Gasteiger partial charge in [-0.15, -0.1) is 0 Å². The van der Waals surface area contributed by atoms with Gasteiger partial charge >= 0.3 is 6.16 Å². The number of rotatable bonds is 9. The molecule has 1 unspecified atom stereocenters. The van der Waals surface area contributed by atoms with Crippen molar-refractivity contribution in [3.8, 4) is 11.3 Å². The van der Waals surface area contributed by atoms with Gasteiger partial charge in [0.25, 0.3) is 5.91 Å². The fraction of sp³-hybridized carbons (Fsp3) is 0.303. The van der Waals surface area contributed by atoms with E-state index in [2.05, 4.69) is 30.5 Å². The maximum absolute atomic E-state index is 13.1. The molecule has 10 heteroatoms. The summed E-state index contributed by atoms with van der Waals surface area (Å²) in [5.41, 5.74) is 5.82. The number of ether oxygens (including phenoxy) is 2. The van der Waals surface area contributed by atoms with Gasteiger partial charge in [-0.05, 0) is 93.1 Å². The number of anilines is 3. The molecule has 0 bridgehead atoms. The highest BCUT2D eigenvalue weighted by molar-refractivity contribution is 6.04. The van der Waals surface area contributed by atoms with E-state index in [4.69, 9.17) is 9.47 Å². The van der Waals surface area contributed by atoms with Crippen LogP contribution in [0.5, 0.6) is 0 Å². The van der Waals surface area contributed by atoms with Crippen LogP contribution >= 0.6 is 0 Å². The zero-order chi connectivity index (χ0) is 30.2. The third kappa shape index (κ3) is 8.14. The van der Waals surface area contributed by atoms with Crippen molar-refractivity contribution < 1.29 is 19.1 Å². The number of benzene rings is 2. The Bertz CT molecular complexity index is 1550. The quantitative estimate of drug-likeness (QED) is 0.213. The number of hydrogen-bond donors (Lipinski definition) is 2. The molecule has 1 amide bonds. The van der Waals surface area contributed by atoms with Gasteiger partial charge in [-0.3, -0.25) is 14.7 Å². The van der Waals surface area contributed by atoms with Gasteiger partial charge in [0.15, 0.2) is 0 Å². The Kier molecular flexibility index (Phi) is 9.58. The first-order valence-electron chi connectivity index (χ1n) is 14.4. The minimum absolute atomic E-state index is 0.196. The highest BCUT2D eigenvalue weighted by Crippen LogP contribution is 2.28. The SMILES string of the molecule is Cc1ccc(NC(=O)c2ccc(C3CCCN(COC(=O)OC(C)C)C3)cc2)cc1Nc1nccc(-c2cccnc2)n1. The summed E-state index contributed by atoms with van der Waals surface area (Å²) in [6.45, 7) is 7.40. The molecule has 1 fully saturated rings. The van der Waals surface area contributed by atoms with Gasteiger partial charge in [-0.25, -0.2) is 14.8 Å². The first-order valence-corrected chi connectivity index (χ1v) is 14.4. The summed E-state index contributed by atoms with van der Waals surface area (Å²) >= 11 is 0. The highest BCUT2D eigenvalue weighted by Gasteiger charge is 2.23. The maximum Gasteiger partial charge on any atom is 0.509 e. The van der Waals surface area contributed by atoms with Crippen molar-refractivity contribution in [1.29, 1.82) is 0 Å². The average Bonchev–Trinajstić information content (AvgIpc) is 3.02. The predicted molar refractivity (Wildman–Crippen MR) is 165 cm³/mol. The third-order valence-corrected chi connectivity index (χ3v) is 7.20. The molecule has 0 aliphatic carbocycles.